The van der Waals surface area contributed by atoms with Crippen LogP contribution in [0.1, 0.15) is 19.8 Å². The average Bonchev–Trinajstić information content (AvgIpc) is 2.42. The molecule has 0 amide bonds. The maximum Gasteiger partial charge on any atom is 0.330 e. The summed E-state index contributed by atoms with van der Waals surface area (Å²) in [6, 6.07) is -0.282. The van der Waals surface area contributed by atoms with E-state index in [2.05, 4.69) is 10.0 Å². The van der Waals surface area contributed by atoms with Crippen LogP contribution in [0.4, 0.5) is 0 Å². The summed E-state index contributed by atoms with van der Waals surface area (Å²) in [4.78, 5) is 23.2. The topological polar surface area (TPSA) is 102 Å². The number of nitrogens with one attached hydrogen (secondary N) is 2. The maximum absolute atomic E-state index is 12.4. The van der Waals surface area contributed by atoms with E-state index in [1.165, 1.54) is 14.1 Å². The normalized spacial score (nSPS) is 23.2. The largest absolute Gasteiger partial charge is 0.330 e. The van der Waals surface area contributed by atoms with Crippen LogP contribution in [-0.2, 0) is 24.1 Å². The third-order valence-electron chi connectivity index (χ3n) is 3.77. The predicted molar refractivity (Wildman–Crippen MR) is 77.7 cm³/mol. The Hall–Kier alpha value is -1.45. The summed E-state index contributed by atoms with van der Waals surface area (Å²) in [5.74, 6) is 0. The molecule has 8 nitrogen and oxygen atoms in total. The first-order valence-corrected chi connectivity index (χ1v) is 8.24. The van der Waals surface area contributed by atoms with E-state index in [0.29, 0.717) is 6.42 Å². The fourth-order valence-corrected chi connectivity index (χ4v) is 3.94. The highest BCUT2D eigenvalue weighted by atomic mass is 32.2. The van der Waals surface area contributed by atoms with Crippen LogP contribution in [0.15, 0.2) is 20.7 Å². The number of hydrogen-bond acceptors (Lipinski definition) is 5. The van der Waals surface area contributed by atoms with Gasteiger partial charge in [-0.2, -0.15) is 0 Å². The Kier molecular flexibility index (Phi) is 4.35. The van der Waals surface area contributed by atoms with Gasteiger partial charge in [0.05, 0.1) is 0 Å². The first-order valence-electron chi connectivity index (χ1n) is 6.76. The summed E-state index contributed by atoms with van der Waals surface area (Å²) in [6.07, 6.45) is 2.64. The van der Waals surface area contributed by atoms with Crippen molar-refractivity contribution in [3.63, 3.8) is 0 Å². The van der Waals surface area contributed by atoms with Crippen molar-refractivity contribution < 1.29 is 8.42 Å². The minimum absolute atomic E-state index is 0.00934. The van der Waals surface area contributed by atoms with Crippen LogP contribution in [0, 0.1) is 0 Å². The molecule has 1 aromatic rings. The van der Waals surface area contributed by atoms with E-state index in [0.717, 1.165) is 28.3 Å². The van der Waals surface area contributed by atoms with E-state index in [1.54, 1.807) is 0 Å². The molecular formula is C12H20N4O4S. The zero-order valence-electron chi connectivity index (χ0n) is 12.3. The highest BCUT2D eigenvalue weighted by Crippen LogP contribution is 2.11. The van der Waals surface area contributed by atoms with Crippen LogP contribution in [0.2, 0.25) is 0 Å². The molecule has 0 aliphatic carbocycles. The van der Waals surface area contributed by atoms with Crippen molar-refractivity contribution in [2.24, 2.45) is 14.1 Å². The second-order valence-corrected chi connectivity index (χ2v) is 7.05. The molecule has 1 aliphatic rings. The predicted octanol–water partition coefficient (Wildman–Crippen LogP) is -1.50. The molecule has 2 atom stereocenters. The number of aryl methyl sites for hydroxylation is 1. The average molecular weight is 316 g/mol. The number of rotatable bonds is 3. The van der Waals surface area contributed by atoms with Gasteiger partial charge in [-0.05, 0) is 26.3 Å². The van der Waals surface area contributed by atoms with Gasteiger partial charge in [0.25, 0.3) is 5.56 Å². The van der Waals surface area contributed by atoms with Crippen LogP contribution in [-0.4, -0.2) is 36.2 Å². The summed E-state index contributed by atoms with van der Waals surface area (Å²) in [5, 5.41) is 3.19. The molecule has 0 spiro atoms. The number of aromatic nitrogens is 2. The Balaban J connectivity index is 2.41. The van der Waals surface area contributed by atoms with Gasteiger partial charge < -0.3 is 9.88 Å². The minimum Gasteiger partial charge on any atom is -0.313 e. The van der Waals surface area contributed by atoms with Gasteiger partial charge in [0.15, 0.2) is 4.90 Å². The molecule has 118 valence electrons. The molecule has 1 aliphatic heterocycles. The lowest BCUT2D eigenvalue weighted by atomic mass is 10.0. The Morgan fingerprint density at radius 3 is 2.62 bits per heavy atom. The number of sulfonamides is 1. The lowest BCUT2D eigenvalue weighted by Crippen LogP contribution is -2.53. The highest BCUT2D eigenvalue weighted by molar-refractivity contribution is 7.89. The van der Waals surface area contributed by atoms with Gasteiger partial charge >= 0.3 is 5.69 Å². The van der Waals surface area contributed by atoms with Crippen molar-refractivity contribution in [1.29, 1.82) is 0 Å². The molecular weight excluding hydrogens is 296 g/mol. The van der Waals surface area contributed by atoms with E-state index in [9.17, 15) is 18.0 Å². The molecule has 0 saturated carbocycles. The molecule has 2 unspecified atom stereocenters. The van der Waals surface area contributed by atoms with Crippen LogP contribution < -0.4 is 21.3 Å². The summed E-state index contributed by atoms with van der Waals surface area (Å²) < 4.78 is 29.3. The second kappa shape index (κ2) is 5.74. The van der Waals surface area contributed by atoms with Crippen molar-refractivity contribution in [2.75, 3.05) is 6.54 Å². The van der Waals surface area contributed by atoms with Gasteiger partial charge in [0.1, 0.15) is 0 Å². The zero-order valence-corrected chi connectivity index (χ0v) is 13.1. The smallest absolute Gasteiger partial charge is 0.313 e. The molecule has 21 heavy (non-hydrogen) atoms. The molecule has 2 rings (SSSR count). The Bertz CT molecular complexity index is 750. The molecule has 1 aromatic heterocycles. The fourth-order valence-electron chi connectivity index (χ4n) is 2.43. The van der Waals surface area contributed by atoms with Crippen molar-refractivity contribution in [2.45, 2.75) is 36.7 Å². The standard InChI is InChI=1S/C12H20N4O4S/c1-8-9(5-4-6-13-8)14-21(19,20)10-7-15(2)12(18)16(3)11(10)17/h7-9,13-14H,4-6H2,1-3H3. The number of hydrogen-bond donors (Lipinski definition) is 2. The van der Waals surface area contributed by atoms with Crippen molar-refractivity contribution in [3.8, 4) is 0 Å². The lowest BCUT2D eigenvalue weighted by Gasteiger charge is -2.30. The van der Waals surface area contributed by atoms with Gasteiger partial charge in [-0.25, -0.2) is 17.9 Å². The van der Waals surface area contributed by atoms with Gasteiger partial charge in [0, 0.05) is 32.4 Å². The molecule has 1 fully saturated rings. The second-order valence-electron chi connectivity index (χ2n) is 5.36. The Morgan fingerprint density at radius 1 is 1.33 bits per heavy atom. The van der Waals surface area contributed by atoms with Gasteiger partial charge in [-0.3, -0.25) is 9.36 Å². The Morgan fingerprint density at radius 2 is 2.00 bits per heavy atom. The van der Waals surface area contributed by atoms with Gasteiger partial charge in [-0.15, -0.1) is 0 Å². The maximum atomic E-state index is 12.4. The van der Waals surface area contributed by atoms with Crippen LogP contribution in [0.3, 0.4) is 0 Å². The first kappa shape index (κ1) is 15.9. The van der Waals surface area contributed by atoms with Gasteiger partial charge in [0.2, 0.25) is 10.0 Å². The fraction of sp³-hybridized carbons (Fsp3) is 0.667. The summed E-state index contributed by atoms with van der Waals surface area (Å²) >= 11 is 0. The van der Waals surface area contributed by atoms with E-state index >= 15 is 0 Å². The van der Waals surface area contributed by atoms with Crippen LogP contribution >= 0.6 is 0 Å². The van der Waals surface area contributed by atoms with Crippen LogP contribution in [0.5, 0.6) is 0 Å². The summed E-state index contributed by atoms with van der Waals surface area (Å²) in [6.45, 7) is 2.74. The molecule has 2 N–H and O–H groups in total. The van der Waals surface area contributed by atoms with Crippen molar-refractivity contribution >= 4 is 10.0 Å². The highest BCUT2D eigenvalue weighted by Gasteiger charge is 2.29. The van der Waals surface area contributed by atoms with Crippen molar-refractivity contribution in [3.05, 3.63) is 27.0 Å². The van der Waals surface area contributed by atoms with Crippen LogP contribution in [0.25, 0.3) is 0 Å². The third kappa shape index (κ3) is 3.09. The Labute approximate surface area is 122 Å². The summed E-state index contributed by atoms with van der Waals surface area (Å²) in [5.41, 5.74) is -1.38. The first-order chi connectivity index (χ1) is 9.74. The summed E-state index contributed by atoms with van der Waals surface area (Å²) in [7, 11) is -1.30. The quantitative estimate of drug-likeness (QED) is 0.707. The number of nitrogens with zero attached hydrogens (tertiary/aromatic N) is 2. The lowest BCUT2D eigenvalue weighted by molar-refractivity contribution is 0.348. The van der Waals surface area contributed by atoms with E-state index < -0.39 is 26.2 Å². The van der Waals surface area contributed by atoms with Crippen molar-refractivity contribution in [1.82, 2.24) is 19.2 Å². The van der Waals surface area contributed by atoms with E-state index in [1.807, 2.05) is 6.92 Å². The molecule has 2 heterocycles. The van der Waals surface area contributed by atoms with Gasteiger partial charge in [-0.1, -0.05) is 0 Å². The third-order valence-corrected chi connectivity index (χ3v) is 5.24. The van der Waals surface area contributed by atoms with E-state index in [4.69, 9.17) is 0 Å². The molecule has 0 radical (unpaired) electrons. The molecule has 9 heteroatoms. The SMILES string of the molecule is CC1NCCCC1NS(=O)(=O)c1cn(C)c(=O)n(C)c1=O. The number of piperidine rings is 1. The monoisotopic (exact) mass is 316 g/mol. The zero-order chi connectivity index (χ0) is 15.8. The molecule has 0 aromatic carbocycles. The molecule has 1 saturated heterocycles. The molecule has 0 bridgehead atoms. The van der Waals surface area contributed by atoms with E-state index in [-0.39, 0.29) is 12.1 Å². The minimum atomic E-state index is -3.97.